The minimum atomic E-state index is 0.315. The summed E-state index contributed by atoms with van der Waals surface area (Å²) in [5.41, 5.74) is 0.315. The summed E-state index contributed by atoms with van der Waals surface area (Å²) in [6.45, 7) is 13.0. The van der Waals surface area contributed by atoms with Crippen LogP contribution < -0.4 is 4.74 Å². The van der Waals surface area contributed by atoms with Gasteiger partial charge in [0.05, 0.1) is 13.2 Å². The number of ether oxygens (including phenoxy) is 2. The molecule has 22 heavy (non-hydrogen) atoms. The van der Waals surface area contributed by atoms with Gasteiger partial charge >= 0.3 is 0 Å². The zero-order valence-electron chi connectivity index (χ0n) is 13.8. The molecule has 0 radical (unpaired) electrons. The fourth-order valence-corrected chi connectivity index (χ4v) is 3.44. The molecule has 1 aromatic carbocycles. The van der Waals surface area contributed by atoms with Crippen molar-refractivity contribution in [3.63, 3.8) is 0 Å². The summed E-state index contributed by atoms with van der Waals surface area (Å²) in [4.78, 5) is 5.04. The van der Waals surface area contributed by atoms with Crippen LogP contribution in [0.5, 0.6) is 5.75 Å². The van der Waals surface area contributed by atoms with Gasteiger partial charge in [-0.1, -0.05) is 32.0 Å². The summed E-state index contributed by atoms with van der Waals surface area (Å²) >= 11 is 0. The van der Waals surface area contributed by atoms with Crippen molar-refractivity contribution in [2.75, 3.05) is 52.5 Å². The summed E-state index contributed by atoms with van der Waals surface area (Å²) in [5.74, 6) is 0.986. The van der Waals surface area contributed by atoms with Crippen molar-refractivity contribution in [1.29, 1.82) is 0 Å². The molecule has 0 aliphatic carbocycles. The summed E-state index contributed by atoms with van der Waals surface area (Å²) in [5, 5.41) is 0. The van der Waals surface area contributed by atoms with E-state index >= 15 is 0 Å². The average Bonchev–Trinajstić information content (AvgIpc) is 2.46. The molecule has 4 nitrogen and oxygen atoms in total. The maximum absolute atomic E-state index is 5.98. The lowest BCUT2D eigenvalue weighted by molar-refractivity contribution is -0.0205. The van der Waals surface area contributed by atoms with Gasteiger partial charge in [0.15, 0.2) is 0 Å². The Morgan fingerprint density at radius 1 is 1.05 bits per heavy atom. The highest BCUT2D eigenvalue weighted by Crippen LogP contribution is 2.24. The molecule has 0 spiro atoms. The molecule has 4 heteroatoms. The quantitative estimate of drug-likeness (QED) is 0.803. The number of benzene rings is 1. The molecule has 3 rings (SSSR count). The predicted octanol–water partition coefficient (Wildman–Crippen LogP) is 2.11. The third kappa shape index (κ3) is 4.45. The van der Waals surface area contributed by atoms with Crippen molar-refractivity contribution in [3.05, 3.63) is 30.3 Å². The van der Waals surface area contributed by atoms with Gasteiger partial charge in [-0.3, -0.25) is 9.80 Å². The third-order valence-corrected chi connectivity index (χ3v) is 4.38. The lowest BCUT2D eigenvalue weighted by atomic mass is 9.90. The van der Waals surface area contributed by atoms with Crippen LogP contribution in [0.15, 0.2) is 30.3 Å². The minimum Gasteiger partial charge on any atom is -0.488 e. The van der Waals surface area contributed by atoms with Gasteiger partial charge in [0, 0.05) is 39.3 Å². The van der Waals surface area contributed by atoms with E-state index < -0.39 is 0 Å². The average molecular weight is 304 g/mol. The van der Waals surface area contributed by atoms with Crippen molar-refractivity contribution in [2.45, 2.75) is 20.0 Å². The Morgan fingerprint density at radius 2 is 1.68 bits per heavy atom. The smallest absolute Gasteiger partial charge is 0.124 e. The van der Waals surface area contributed by atoms with E-state index in [1.807, 2.05) is 30.3 Å². The topological polar surface area (TPSA) is 24.9 Å². The SMILES string of the molecule is CC(C)(CN1CCOCC1)CN1CC(Oc2ccccc2)C1. The van der Waals surface area contributed by atoms with Gasteiger partial charge in [0.2, 0.25) is 0 Å². The molecule has 2 fully saturated rings. The van der Waals surface area contributed by atoms with Crippen LogP contribution in [0.2, 0.25) is 0 Å². The molecule has 2 heterocycles. The second-order valence-electron chi connectivity index (χ2n) is 7.30. The van der Waals surface area contributed by atoms with Gasteiger partial charge in [-0.05, 0) is 17.5 Å². The van der Waals surface area contributed by atoms with Gasteiger partial charge in [-0.15, -0.1) is 0 Å². The highest BCUT2D eigenvalue weighted by molar-refractivity contribution is 5.21. The van der Waals surface area contributed by atoms with Crippen LogP contribution in [-0.2, 0) is 4.74 Å². The van der Waals surface area contributed by atoms with Gasteiger partial charge in [-0.2, -0.15) is 0 Å². The minimum absolute atomic E-state index is 0.315. The molecular formula is C18H28N2O2. The van der Waals surface area contributed by atoms with E-state index in [1.165, 1.54) is 0 Å². The van der Waals surface area contributed by atoms with E-state index in [9.17, 15) is 0 Å². The Kier molecular flexibility index (Phi) is 5.01. The molecule has 0 unspecified atom stereocenters. The van der Waals surface area contributed by atoms with Crippen LogP contribution in [0.3, 0.4) is 0 Å². The molecule has 0 atom stereocenters. The molecule has 0 amide bonds. The van der Waals surface area contributed by atoms with Gasteiger partial charge < -0.3 is 9.47 Å². The molecule has 1 aromatic rings. The first-order valence-corrected chi connectivity index (χ1v) is 8.35. The normalized spacial score (nSPS) is 21.5. The summed E-state index contributed by atoms with van der Waals surface area (Å²) in [6, 6.07) is 10.1. The molecule has 2 aliphatic rings. The highest BCUT2D eigenvalue weighted by atomic mass is 16.5. The van der Waals surface area contributed by atoms with Crippen molar-refractivity contribution in [1.82, 2.24) is 9.80 Å². The number of hydrogen-bond donors (Lipinski definition) is 0. The lowest BCUT2D eigenvalue weighted by Crippen LogP contribution is -2.57. The van der Waals surface area contributed by atoms with E-state index in [4.69, 9.17) is 9.47 Å². The molecule has 2 aliphatic heterocycles. The number of hydrogen-bond acceptors (Lipinski definition) is 4. The largest absolute Gasteiger partial charge is 0.488 e. The Morgan fingerprint density at radius 3 is 2.36 bits per heavy atom. The molecule has 0 saturated carbocycles. The standard InChI is InChI=1S/C18H28N2O2/c1-18(2,14-19-8-10-21-11-9-19)15-20-12-17(13-20)22-16-6-4-3-5-7-16/h3-7,17H,8-15H2,1-2H3. The fraction of sp³-hybridized carbons (Fsp3) is 0.667. The van der Waals surface area contributed by atoms with Crippen molar-refractivity contribution in [2.24, 2.45) is 5.41 Å². The van der Waals surface area contributed by atoms with Crippen LogP contribution in [-0.4, -0.2) is 68.4 Å². The third-order valence-electron chi connectivity index (χ3n) is 4.38. The lowest BCUT2D eigenvalue weighted by Gasteiger charge is -2.44. The zero-order valence-corrected chi connectivity index (χ0v) is 13.8. The highest BCUT2D eigenvalue weighted by Gasteiger charge is 2.33. The van der Waals surface area contributed by atoms with E-state index in [-0.39, 0.29) is 0 Å². The number of nitrogens with zero attached hydrogens (tertiary/aromatic N) is 2. The second-order valence-corrected chi connectivity index (χ2v) is 7.30. The Hall–Kier alpha value is -1.10. The first-order valence-electron chi connectivity index (χ1n) is 8.35. The van der Waals surface area contributed by atoms with E-state index in [2.05, 4.69) is 23.6 Å². The molecular weight excluding hydrogens is 276 g/mol. The number of rotatable bonds is 6. The predicted molar refractivity (Wildman–Crippen MR) is 88.3 cm³/mol. The fourth-order valence-electron chi connectivity index (χ4n) is 3.44. The molecule has 0 N–H and O–H groups in total. The first kappa shape index (κ1) is 15.8. The van der Waals surface area contributed by atoms with Crippen molar-refractivity contribution in [3.8, 4) is 5.75 Å². The monoisotopic (exact) mass is 304 g/mol. The van der Waals surface area contributed by atoms with Crippen molar-refractivity contribution < 1.29 is 9.47 Å². The van der Waals surface area contributed by atoms with E-state index in [0.717, 1.165) is 58.2 Å². The maximum atomic E-state index is 5.98. The number of likely N-dealkylation sites (tertiary alicyclic amines) is 1. The van der Waals surface area contributed by atoms with Gasteiger partial charge in [-0.25, -0.2) is 0 Å². The molecule has 2 saturated heterocycles. The Labute approximate surface area is 134 Å². The first-order chi connectivity index (χ1) is 10.6. The van der Waals surface area contributed by atoms with Crippen LogP contribution >= 0.6 is 0 Å². The van der Waals surface area contributed by atoms with E-state index in [0.29, 0.717) is 11.5 Å². The molecule has 0 aromatic heterocycles. The Balaban J connectivity index is 1.39. The van der Waals surface area contributed by atoms with Gasteiger partial charge in [0.25, 0.3) is 0 Å². The van der Waals surface area contributed by atoms with Crippen LogP contribution in [0.25, 0.3) is 0 Å². The molecule has 0 bridgehead atoms. The summed E-state index contributed by atoms with van der Waals surface area (Å²) < 4.78 is 11.4. The number of morpholine rings is 1. The zero-order chi connectivity index (χ0) is 15.4. The maximum Gasteiger partial charge on any atom is 0.124 e. The van der Waals surface area contributed by atoms with E-state index in [1.54, 1.807) is 0 Å². The van der Waals surface area contributed by atoms with Crippen molar-refractivity contribution >= 4 is 0 Å². The summed E-state index contributed by atoms with van der Waals surface area (Å²) in [7, 11) is 0. The Bertz CT molecular complexity index is 451. The summed E-state index contributed by atoms with van der Waals surface area (Å²) in [6.07, 6.45) is 0.349. The van der Waals surface area contributed by atoms with Crippen LogP contribution in [0.1, 0.15) is 13.8 Å². The second kappa shape index (κ2) is 6.99. The molecule has 122 valence electrons. The van der Waals surface area contributed by atoms with Gasteiger partial charge in [0.1, 0.15) is 11.9 Å². The van der Waals surface area contributed by atoms with Crippen LogP contribution in [0.4, 0.5) is 0 Å². The van der Waals surface area contributed by atoms with Crippen LogP contribution in [0, 0.1) is 5.41 Å². The number of para-hydroxylation sites is 1.